The van der Waals surface area contributed by atoms with Gasteiger partial charge < -0.3 is 11.1 Å². The van der Waals surface area contributed by atoms with Gasteiger partial charge >= 0.3 is 0 Å². The molecule has 0 atom stereocenters. The molecule has 1 heterocycles. The number of hydrogen-bond donors (Lipinski definition) is 2. The van der Waals surface area contributed by atoms with E-state index in [1.165, 1.54) is 17.4 Å². The molecule has 0 bridgehead atoms. The third-order valence-corrected chi connectivity index (χ3v) is 3.72. The number of hydrogen-bond acceptors (Lipinski definition) is 3. The Labute approximate surface area is 113 Å². The Balaban J connectivity index is 2.01. The number of benzene rings is 1. The number of carbonyl (C=O) groups excluding carboxylic acids is 2. The van der Waals surface area contributed by atoms with Gasteiger partial charge in [0.05, 0.1) is 4.88 Å². The van der Waals surface area contributed by atoms with Crippen molar-refractivity contribution in [3.8, 4) is 0 Å². The van der Waals surface area contributed by atoms with E-state index in [0.717, 1.165) is 4.70 Å². The van der Waals surface area contributed by atoms with Crippen molar-refractivity contribution in [3.05, 3.63) is 35.0 Å². The lowest BCUT2D eigenvalue weighted by atomic mass is 10.2. The summed E-state index contributed by atoms with van der Waals surface area (Å²) in [4.78, 5) is 22.8. The Morgan fingerprint density at radius 2 is 2.16 bits per heavy atom. The van der Waals surface area contributed by atoms with Gasteiger partial charge in [0.25, 0.3) is 5.91 Å². The van der Waals surface area contributed by atoms with Crippen LogP contribution in [0.3, 0.4) is 0 Å². The average Bonchev–Trinajstić information content (AvgIpc) is 2.79. The molecule has 0 unspecified atom stereocenters. The number of primary amides is 1. The number of amides is 2. The molecule has 6 heteroatoms. The van der Waals surface area contributed by atoms with Crippen molar-refractivity contribution in [2.24, 2.45) is 5.73 Å². The maximum Gasteiger partial charge on any atom is 0.261 e. The van der Waals surface area contributed by atoms with E-state index in [4.69, 9.17) is 5.73 Å². The first-order valence-corrected chi connectivity index (χ1v) is 6.64. The molecule has 0 fully saturated rings. The number of nitrogens with two attached hydrogens (primary N) is 1. The molecule has 0 aliphatic rings. The predicted molar refractivity (Wildman–Crippen MR) is 72.5 cm³/mol. The molecule has 2 rings (SSSR count). The molecule has 1 aromatic heterocycles. The number of thiophene rings is 1. The standard InChI is InChI=1S/C13H13FN2O2S/c14-9-3-1-4-10-8(9)7-11(19-10)13(18)16-6-2-5-12(15)17/h1,3-4,7H,2,5-6H2,(H2,15,17)(H,16,18). The number of halogens is 1. The largest absolute Gasteiger partial charge is 0.370 e. The first kappa shape index (κ1) is 13.5. The molecule has 0 radical (unpaired) electrons. The molecule has 1 aromatic carbocycles. The lowest BCUT2D eigenvalue weighted by Gasteiger charge is -2.01. The molecule has 4 nitrogen and oxygen atoms in total. The highest BCUT2D eigenvalue weighted by Gasteiger charge is 2.11. The van der Waals surface area contributed by atoms with Crippen LogP contribution in [-0.2, 0) is 4.79 Å². The molecule has 0 spiro atoms. The molecule has 0 aliphatic carbocycles. The van der Waals surface area contributed by atoms with Crippen LogP contribution in [0.4, 0.5) is 4.39 Å². The van der Waals surface area contributed by atoms with Crippen LogP contribution in [0, 0.1) is 5.82 Å². The molecule has 2 aromatic rings. The third-order valence-electron chi connectivity index (χ3n) is 2.62. The van der Waals surface area contributed by atoms with E-state index in [0.29, 0.717) is 23.2 Å². The zero-order valence-electron chi connectivity index (χ0n) is 10.1. The van der Waals surface area contributed by atoms with Crippen molar-refractivity contribution in [3.63, 3.8) is 0 Å². The van der Waals surface area contributed by atoms with Gasteiger partial charge in [-0.25, -0.2) is 4.39 Å². The summed E-state index contributed by atoms with van der Waals surface area (Å²) in [6, 6.07) is 6.29. The highest BCUT2D eigenvalue weighted by molar-refractivity contribution is 7.20. The van der Waals surface area contributed by atoms with E-state index in [9.17, 15) is 14.0 Å². The average molecular weight is 280 g/mol. The molecule has 3 N–H and O–H groups in total. The van der Waals surface area contributed by atoms with Crippen molar-refractivity contribution in [1.82, 2.24) is 5.32 Å². The summed E-state index contributed by atoms with van der Waals surface area (Å²) in [7, 11) is 0. The van der Waals surface area contributed by atoms with Gasteiger partial charge in [-0.3, -0.25) is 9.59 Å². The van der Waals surface area contributed by atoms with Crippen LogP contribution in [-0.4, -0.2) is 18.4 Å². The minimum absolute atomic E-state index is 0.237. The summed E-state index contributed by atoms with van der Waals surface area (Å²) in [6.45, 7) is 0.374. The first-order valence-electron chi connectivity index (χ1n) is 5.82. The van der Waals surface area contributed by atoms with Gasteiger partial charge in [-0.15, -0.1) is 11.3 Å². The van der Waals surface area contributed by atoms with E-state index in [1.54, 1.807) is 18.2 Å². The number of nitrogens with one attached hydrogen (secondary N) is 1. The molecule has 19 heavy (non-hydrogen) atoms. The highest BCUT2D eigenvalue weighted by Crippen LogP contribution is 2.27. The van der Waals surface area contributed by atoms with Crippen molar-refractivity contribution in [1.29, 1.82) is 0 Å². The summed E-state index contributed by atoms with van der Waals surface area (Å²) in [5.74, 6) is -0.982. The summed E-state index contributed by atoms with van der Waals surface area (Å²) < 4.78 is 14.2. The van der Waals surface area contributed by atoms with E-state index < -0.39 is 5.91 Å². The highest BCUT2D eigenvalue weighted by atomic mass is 32.1. The maximum absolute atomic E-state index is 13.5. The lowest BCUT2D eigenvalue weighted by Crippen LogP contribution is -2.24. The Kier molecular flexibility index (Phi) is 4.11. The Bertz CT molecular complexity index is 624. The number of fused-ring (bicyclic) bond motifs is 1. The van der Waals surface area contributed by atoms with Crippen LogP contribution in [0.1, 0.15) is 22.5 Å². The molecule has 2 amide bonds. The summed E-state index contributed by atoms with van der Waals surface area (Å²) in [5, 5.41) is 3.13. The zero-order chi connectivity index (χ0) is 13.8. The van der Waals surface area contributed by atoms with Crippen LogP contribution in [0.2, 0.25) is 0 Å². The van der Waals surface area contributed by atoms with Gasteiger partial charge in [0.2, 0.25) is 5.91 Å². The van der Waals surface area contributed by atoms with Gasteiger partial charge in [0, 0.05) is 23.1 Å². The van der Waals surface area contributed by atoms with Crippen LogP contribution in [0.5, 0.6) is 0 Å². The summed E-state index contributed by atoms with van der Waals surface area (Å²) >= 11 is 1.24. The van der Waals surface area contributed by atoms with Gasteiger partial charge in [-0.05, 0) is 24.6 Å². The topological polar surface area (TPSA) is 72.2 Å². The van der Waals surface area contributed by atoms with Crippen molar-refractivity contribution in [2.75, 3.05) is 6.54 Å². The minimum atomic E-state index is -0.391. The fourth-order valence-corrected chi connectivity index (χ4v) is 2.68. The SMILES string of the molecule is NC(=O)CCCNC(=O)c1cc2c(F)cccc2s1. The van der Waals surface area contributed by atoms with E-state index >= 15 is 0 Å². The van der Waals surface area contributed by atoms with Crippen molar-refractivity contribution in [2.45, 2.75) is 12.8 Å². The minimum Gasteiger partial charge on any atom is -0.370 e. The van der Waals surface area contributed by atoms with Crippen molar-refractivity contribution < 1.29 is 14.0 Å². The number of rotatable bonds is 5. The quantitative estimate of drug-likeness (QED) is 0.823. The van der Waals surface area contributed by atoms with Gasteiger partial charge in [-0.2, -0.15) is 0 Å². The van der Waals surface area contributed by atoms with Crippen LogP contribution in [0.25, 0.3) is 10.1 Å². The smallest absolute Gasteiger partial charge is 0.261 e. The summed E-state index contributed by atoms with van der Waals surface area (Å²) in [5.41, 5.74) is 5.00. The second kappa shape index (κ2) is 5.79. The van der Waals surface area contributed by atoms with E-state index in [-0.39, 0.29) is 18.1 Å². The van der Waals surface area contributed by atoms with Crippen LogP contribution in [0.15, 0.2) is 24.3 Å². The van der Waals surface area contributed by atoms with Crippen molar-refractivity contribution >= 4 is 33.2 Å². The lowest BCUT2D eigenvalue weighted by molar-refractivity contribution is -0.118. The Morgan fingerprint density at radius 3 is 2.84 bits per heavy atom. The molecule has 100 valence electrons. The maximum atomic E-state index is 13.5. The number of carbonyl (C=O) groups is 2. The van der Waals surface area contributed by atoms with Gasteiger partial charge in [0.1, 0.15) is 5.82 Å². The second-order valence-corrected chi connectivity index (χ2v) is 5.17. The monoisotopic (exact) mass is 280 g/mol. The third kappa shape index (κ3) is 3.29. The van der Waals surface area contributed by atoms with Gasteiger partial charge in [-0.1, -0.05) is 6.07 Å². The normalized spacial score (nSPS) is 10.6. The Hall–Kier alpha value is -1.95. The van der Waals surface area contributed by atoms with E-state index in [2.05, 4.69) is 5.32 Å². The molecule has 0 saturated carbocycles. The zero-order valence-corrected chi connectivity index (χ0v) is 10.9. The molecule has 0 saturated heterocycles. The molecular formula is C13H13FN2O2S. The van der Waals surface area contributed by atoms with Crippen LogP contribution >= 0.6 is 11.3 Å². The second-order valence-electron chi connectivity index (χ2n) is 4.09. The van der Waals surface area contributed by atoms with Gasteiger partial charge in [0.15, 0.2) is 0 Å². The molecular weight excluding hydrogens is 267 g/mol. The fourth-order valence-electron chi connectivity index (χ4n) is 1.69. The first-order chi connectivity index (χ1) is 9.08. The Morgan fingerprint density at radius 1 is 1.37 bits per heavy atom. The van der Waals surface area contributed by atoms with E-state index in [1.807, 2.05) is 0 Å². The molecule has 0 aliphatic heterocycles. The predicted octanol–water partition coefficient (Wildman–Crippen LogP) is 2.04. The fraction of sp³-hybridized carbons (Fsp3) is 0.231. The van der Waals surface area contributed by atoms with Crippen LogP contribution < -0.4 is 11.1 Å². The summed E-state index contributed by atoms with van der Waals surface area (Å²) in [6.07, 6.45) is 0.738.